The Morgan fingerprint density at radius 1 is 1.16 bits per heavy atom. The van der Waals surface area contributed by atoms with E-state index in [4.69, 9.17) is 27.1 Å². The SMILES string of the molecule is C.CC1(C)C[C@H](CNc2cccc(-c3cc(CC4CCC(N)CC4)ncc3Cl)n2)CCO1. The van der Waals surface area contributed by atoms with Gasteiger partial charge in [-0.05, 0) is 88.8 Å². The molecule has 1 saturated carbocycles. The van der Waals surface area contributed by atoms with Gasteiger partial charge in [-0.1, -0.05) is 25.1 Å². The predicted molar refractivity (Wildman–Crippen MR) is 134 cm³/mol. The maximum absolute atomic E-state index is 6.52. The molecule has 176 valence electrons. The molecule has 0 aromatic carbocycles. The quantitative estimate of drug-likeness (QED) is 0.546. The van der Waals surface area contributed by atoms with Crippen LogP contribution < -0.4 is 11.1 Å². The lowest BCUT2D eigenvalue weighted by atomic mass is 9.83. The first-order chi connectivity index (χ1) is 14.9. The molecule has 5 nitrogen and oxygen atoms in total. The van der Waals surface area contributed by atoms with Gasteiger partial charge >= 0.3 is 0 Å². The fourth-order valence-corrected chi connectivity index (χ4v) is 5.14. The lowest BCUT2D eigenvalue weighted by Crippen LogP contribution is -2.36. The molecule has 2 aromatic rings. The summed E-state index contributed by atoms with van der Waals surface area (Å²) in [5.74, 6) is 2.14. The second-order valence-electron chi connectivity index (χ2n) is 9.90. The van der Waals surface area contributed by atoms with Crippen LogP contribution in [0.2, 0.25) is 5.02 Å². The monoisotopic (exact) mass is 458 g/mol. The first kappa shape index (κ1) is 24.9. The minimum Gasteiger partial charge on any atom is -0.376 e. The first-order valence-corrected chi connectivity index (χ1v) is 12.0. The van der Waals surface area contributed by atoms with Gasteiger partial charge in [-0.3, -0.25) is 4.98 Å². The first-order valence-electron chi connectivity index (χ1n) is 11.6. The molecule has 32 heavy (non-hydrogen) atoms. The second-order valence-corrected chi connectivity index (χ2v) is 10.3. The predicted octanol–water partition coefficient (Wildman–Crippen LogP) is 6.11. The Morgan fingerprint density at radius 3 is 2.69 bits per heavy atom. The molecule has 0 radical (unpaired) electrons. The van der Waals surface area contributed by atoms with Crippen molar-refractivity contribution in [1.82, 2.24) is 9.97 Å². The van der Waals surface area contributed by atoms with Crippen LogP contribution in [0.4, 0.5) is 5.82 Å². The average Bonchev–Trinajstić information content (AvgIpc) is 2.75. The Labute approximate surface area is 198 Å². The zero-order chi connectivity index (χ0) is 21.8. The van der Waals surface area contributed by atoms with Crippen molar-refractivity contribution in [3.63, 3.8) is 0 Å². The summed E-state index contributed by atoms with van der Waals surface area (Å²) in [6.45, 7) is 6.07. The summed E-state index contributed by atoms with van der Waals surface area (Å²) in [4.78, 5) is 9.44. The van der Waals surface area contributed by atoms with Gasteiger partial charge in [0.05, 0.1) is 16.3 Å². The van der Waals surface area contributed by atoms with Gasteiger partial charge in [-0.15, -0.1) is 0 Å². The highest BCUT2D eigenvalue weighted by molar-refractivity contribution is 6.33. The van der Waals surface area contributed by atoms with Gasteiger partial charge in [0, 0.05) is 36.6 Å². The Kier molecular flexibility index (Phi) is 8.54. The maximum atomic E-state index is 6.52. The second kappa shape index (κ2) is 11.0. The standard InChI is InChI=1S/C25H35ClN4O.CH4/c1-25(2)14-18(10-11-31-25)15-29-24-5-3-4-23(30-24)21-13-20(28-16-22(21)26)12-17-6-8-19(27)9-7-17;/h3-5,13,16-19H,6-12,14-15,27H2,1-2H3,(H,29,30);1H4/t17?,18-,19?;/m1./s1. The normalized spacial score (nSPS) is 25.1. The number of pyridine rings is 2. The van der Waals surface area contributed by atoms with E-state index in [0.717, 1.165) is 68.0 Å². The maximum Gasteiger partial charge on any atom is 0.126 e. The third-order valence-corrected chi connectivity index (χ3v) is 7.00. The minimum absolute atomic E-state index is 0. The topological polar surface area (TPSA) is 73.1 Å². The number of rotatable bonds is 6. The number of nitrogens with one attached hydrogen (secondary N) is 1. The summed E-state index contributed by atoms with van der Waals surface area (Å²) in [5.41, 5.74) is 8.95. The van der Waals surface area contributed by atoms with Gasteiger partial charge in [0.15, 0.2) is 0 Å². The third-order valence-electron chi connectivity index (χ3n) is 6.70. The average molecular weight is 459 g/mol. The number of hydrogen-bond acceptors (Lipinski definition) is 5. The molecule has 0 amide bonds. The molecule has 3 N–H and O–H groups in total. The van der Waals surface area contributed by atoms with Crippen molar-refractivity contribution in [2.45, 2.75) is 77.9 Å². The summed E-state index contributed by atoms with van der Waals surface area (Å²) in [6, 6.07) is 8.57. The number of halogens is 1. The van der Waals surface area contributed by atoms with Gasteiger partial charge in [-0.2, -0.15) is 0 Å². The fraction of sp³-hybridized carbons (Fsp3) is 0.615. The summed E-state index contributed by atoms with van der Waals surface area (Å²) in [5, 5.41) is 4.17. The minimum atomic E-state index is -0.0375. The van der Waals surface area contributed by atoms with Crippen molar-refractivity contribution in [2.24, 2.45) is 17.6 Å². The van der Waals surface area contributed by atoms with E-state index in [-0.39, 0.29) is 13.0 Å². The van der Waals surface area contributed by atoms with Crippen LogP contribution in [0, 0.1) is 11.8 Å². The largest absolute Gasteiger partial charge is 0.376 e. The highest BCUT2D eigenvalue weighted by atomic mass is 35.5. The van der Waals surface area contributed by atoms with E-state index in [1.165, 1.54) is 12.8 Å². The van der Waals surface area contributed by atoms with E-state index in [0.29, 0.717) is 22.9 Å². The summed E-state index contributed by atoms with van der Waals surface area (Å²) in [6.07, 6.45) is 9.49. The molecule has 1 saturated heterocycles. The van der Waals surface area contributed by atoms with Gasteiger partial charge in [-0.25, -0.2) is 4.98 Å². The van der Waals surface area contributed by atoms with Crippen molar-refractivity contribution in [3.05, 3.63) is 41.2 Å². The third kappa shape index (κ3) is 6.66. The van der Waals surface area contributed by atoms with E-state index in [1.54, 1.807) is 6.20 Å². The number of aromatic nitrogens is 2. The van der Waals surface area contributed by atoms with Crippen molar-refractivity contribution in [3.8, 4) is 11.3 Å². The molecule has 6 heteroatoms. The molecule has 2 fully saturated rings. The molecule has 2 aliphatic rings. The number of nitrogens with two attached hydrogens (primary N) is 1. The van der Waals surface area contributed by atoms with Crippen molar-refractivity contribution in [1.29, 1.82) is 0 Å². The summed E-state index contributed by atoms with van der Waals surface area (Å²) < 4.78 is 5.84. The Bertz CT molecular complexity index is 880. The highest BCUT2D eigenvalue weighted by Gasteiger charge is 2.28. The van der Waals surface area contributed by atoms with Crippen LogP contribution >= 0.6 is 11.6 Å². The Hall–Kier alpha value is -1.69. The van der Waals surface area contributed by atoms with E-state index >= 15 is 0 Å². The van der Waals surface area contributed by atoms with Gasteiger partial charge in [0.1, 0.15) is 5.82 Å². The van der Waals surface area contributed by atoms with E-state index in [9.17, 15) is 0 Å². The smallest absolute Gasteiger partial charge is 0.126 e. The van der Waals surface area contributed by atoms with E-state index < -0.39 is 0 Å². The molecule has 0 spiro atoms. The molecular formula is C26H39ClN4O. The molecule has 2 aromatic heterocycles. The van der Waals surface area contributed by atoms with Crippen molar-refractivity contribution >= 4 is 17.4 Å². The van der Waals surface area contributed by atoms with Crippen LogP contribution in [0.15, 0.2) is 30.5 Å². The fourth-order valence-electron chi connectivity index (χ4n) is 4.94. The van der Waals surface area contributed by atoms with Crippen LogP contribution in [0.25, 0.3) is 11.3 Å². The summed E-state index contributed by atoms with van der Waals surface area (Å²) in [7, 11) is 0. The molecule has 0 bridgehead atoms. The van der Waals surface area contributed by atoms with Gasteiger partial charge in [0.2, 0.25) is 0 Å². The summed E-state index contributed by atoms with van der Waals surface area (Å²) >= 11 is 6.52. The number of hydrogen-bond donors (Lipinski definition) is 2. The van der Waals surface area contributed by atoms with Crippen LogP contribution in [0.3, 0.4) is 0 Å². The zero-order valence-electron chi connectivity index (χ0n) is 18.7. The van der Waals surface area contributed by atoms with Crippen LogP contribution in [0.5, 0.6) is 0 Å². The zero-order valence-corrected chi connectivity index (χ0v) is 19.5. The number of anilines is 1. The lowest BCUT2D eigenvalue weighted by Gasteiger charge is -2.35. The van der Waals surface area contributed by atoms with Crippen molar-refractivity contribution in [2.75, 3.05) is 18.5 Å². The molecule has 1 atom stereocenters. The lowest BCUT2D eigenvalue weighted by molar-refractivity contribution is -0.0699. The number of nitrogens with zero attached hydrogens (tertiary/aromatic N) is 2. The molecule has 1 aliphatic heterocycles. The molecular weight excluding hydrogens is 420 g/mol. The van der Waals surface area contributed by atoms with Crippen LogP contribution in [0.1, 0.15) is 65.5 Å². The number of ether oxygens (including phenoxy) is 1. The van der Waals surface area contributed by atoms with E-state index in [2.05, 4.69) is 30.2 Å². The highest BCUT2D eigenvalue weighted by Crippen LogP contribution is 2.31. The molecule has 1 aliphatic carbocycles. The van der Waals surface area contributed by atoms with Crippen molar-refractivity contribution < 1.29 is 4.74 Å². The molecule has 0 unspecified atom stereocenters. The van der Waals surface area contributed by atoms with Crippen LogP contribution in [-0.2, 0) is 11.2 Å². The van der Waals surface area contributed by atoms with Gasteiger partial charge in [0.25, 0.3) is 0 Å². The Balaban J connectivity index is 0.00000289. The Morgan fingerprint density at radius 2 is 1.94 bits per heavy atom. The molecule has 4 rings (SSSR count). The van der Waals surface area contributed by atoms with E-state index in [1.807, 2.05) is 18.2 Å². The van der Waals surface area contributed by atoms with Crippen LogP contribution in [-0.4, -0.2) is 34.8 Å². The van der Waals surface area contributed by atoms with Gasteiger partial charge < -0.3 is 15.8 Å². The molecule has 3 heterocycles.